The van der Waals surface area contributed by atoms with Gasteiger partial charge >= 0.3 is 0 Å². The summed E-state index contributed by atoms with van der Waals surface area (Å²) < 4.78 is 0. The topological polar surface area (TPSA) is 6.48 Å². The minimum absolute atomic E-state index is 0.640. The van der Waals surface area contributed by atoms with Crippen LogP contribution >= 0.6 is 0 Å². The van der Waals surface area contributed by atoms with E-state index in [1.807, 2.05) is 0 Å². The quantitative estimate of drug-likeness (QED) is 0.0755. The summed E-state index contributed by atoms with van der Waals surface area (Å²) in [6, 6.07) is 0. The highest BCUT2D eigenvalue weighted by Crippen LogP contribution is 2.23. The van der Waals surface area contributed by atoms with E-state index in [1.54, 1.807) is 0 Å². The normalized spacial score (nSPS) is 13.8. The summed E-state index contributed by atoms with van der Waals surface area (Å²) in [6.07, 6.45) is 48.5. The summed E-state index contributed by atoms with van der Waals surface area (Å²) in [7, 11) is 0. The van der Waals surface area contributed by atoms with Gasteiger partial charge in [-0.15, -0.1) is 0 Å². The first-order valence-corrected chi connectivity index (χ1v) is 19.0. The van der Waals surface area contributed by atoms with E-state index in [0.29, 0.717) is 6.17 Å². The maximum atomic E-state index is 2.69. The van der Waals surface area contributed by atoms with Gasteiger partial charge in [0.1, 0.15) is 6.17 Å². The Morgan fingerprint density at radius 3 is 0.875 bits per heavy atom. The second-order valence-corrected chi connectivity index (χ2v) is 13.2. The predicted molar refractivity (Wildman–Crippen MR) is 182 cm³/mol. The summed E-state index contributed by atoms with van der Waals surface area (Å²) in [4.78, 5) is 5.38. The fraction of sp³-hybridized carbons (Fsp3) is 0.947. The lowest BCUT2D eigenvalue weighted by Gasteiger charge is -2.33. The maximum absolute atomic E-state index is 2.69. The molecule has 0 fully saturated rings. The van der Waals surface area contributed by atoms with Gasteiger partial charge in [0.05, 0.1) is 0 Å². The van der Waals surface area contributed by atoms with Gasteiger partial charge in [-0.3, -0.25) is 0 Å². The molecule has 2 nitrogen and oxygen atoms in total. The van der Waals surface area contributed by atoms with Crippen LogP contribution in [0.3, 0.4) is 0 Å². The van der Waals surface area contributed by atoms with Crippen molar-refractivity contribution in [3.05, 3.63) is 12.4 Å². The van der Waals surface area contributed by atoms with Crippen LogP contribution in [0.25, 0.3) is 0 Å². The largest absolute Gasteiger partial charge is 0.356 e. The summed E-state index contributed by atoms with van der Waals surface area (Å²) in [5.41, 5.74) is 0. The summed E-state index contributed by atoms with van der Waals surface area (Å²) in [5, 5.41) is 0. The van der Waals surface area contributed by atoms with Gasteiger partial charge in [0, 0.05) is 25.5 Å². The first-order chi connectivity index (χ1) is 19.8. The molecule has 0 N–H and O–H groups in total. The Morgan fingerprint density at radius 2 is 0.575 bits per heavy atom. The molecule has 1 rings (SSSR count). The van der Waals surface area contributed by atoms with Crippen LogP contribution < -0.4 is 0 Å². The number of nitrogens with zero attached hydrogens (tertiary/aromatic N) is 2. The van der Waals surface area contributed by atoms with E-state index in [2.05, 4.69) is 43.0 Å². The lowest BCUT2D eigenvalue weighted by atomic mass is 10.0. The van der Waals surface area contributed by atoms with Crippen molar-refractivity contribution in [1.82, 2.24) is 9.80 Å². The molecule has 2 heteroatoms. The molecule has 0 saturated carbocycles. The molecule has 0 aromatic carbocycles. The summed E-state index contributed by atoms with van der Waals surface area (Å²) in [6.45, 7) is 9.48. The van der Waals surface area contributed by atoms with Crippen molar-refractivity contribution in [2.75, 3.05) is 13.1 Å². The lowest BCUT2D eigenvalue weighted by Crippen LogP contribution is -2.39. The van der Waals surface area contributed by atoms with Gasteiger partial charge in [0.2, 0.25) is 0 Å². The van der Waals surface area contributed by atoms with Crippen molar-refractivity contribution >= 4 is 0 Å². The van der Waals surface area contributed by atoms with Gasteiger partial charge < -0.3 is 9.80 Å². The molecule has 1 aliphatic rings. The SMILES string of the molecule is CCCCCCCCCCCCCCCN1C=CN(CCCCCCCCCCCCCCC)C1CCCCC. The standard InChI is InChI=1S/C38H76N2/c1-4-7-10-12-14-16-18-20-22-24-26-28-31-34-39-36-37-40(38(39)33-30-9-6-3)35-32-29-27-25-23-21-19-17-15-13-11-8-5-2/h36-38H,4-35H2,1-3H3. The average Bonchev–Trinajstić information content (AvgIpc) is 3.35. The zero-order valence-corrected chi connectivity index (χ0v) is 28.3. The molecule has 0 amide bonds. The molecule has 0 radical (unpaired) electrons. The molecular formula is C38H76N2. The van der Waals surface area contributed by atoms with Crippen molar-refractivity contribution in [2.24, 2.45) is 0 Å². The van der Waals surface area contributed by atoms with Gasteiger partial charge in [-0.25, -0.2) is 0 Å². The molecule has 0 aromatic heterocycles. The molecule has 0 bridgehead atoms. The van der Waals surface area contributed by atoms with Crippen LogP contribution in [-0.2, 0) is 0 Å². The van der Waals surface area contributed by atoms with Crippen LogP contribution in [0.5, 0.6) is 0 Å². The van der Waals surface area contributed by atoms with E-state index in [4.69, 9.17) is 0 Å². The Bertz CT molecular complexity index is 476. The van der Waals surface area contributed by atoms with Crippen LogP contribution in [0.15, 0.2) is 12.4 Å². The first-order valence-electron chi connectivity index (χ1n) is 19.0. The Kier molecular flexibility index (Phi) is 27.9. The van der Waals surface area contributed by atoms with Crippen LogP contribution in [0.4, 0.5) is 0 Å². The fourth-order valence-corrected chi connectivity index (χ4v) is 6.54. The molecule has 1 aliphatic heterocycles. The van der Waals surface area contributed by atoms with Gasteiger partial charge in [-0.1, -0.05) is 188 Å². The van der Waals surface area contributed by atoms with Gasteiger partial charge in [-0.05, 0) is 25.7 Å². The Labute approximate surface area is 254 Å². The first kappa shape index (κ1) is 37.4. The average molecular weight is 561 g/mol. The highest BCUT2D eigenvalue weighted by molar-refractivity contribution is 4.97. The van der Waals surface area contributed by atoms with Crippen molar-refractivity contribution in [2.45, 2.75) is 220 Å². The molecule has 0 saturated heterocycles. The second-order valence-electron chi connectivity index (χ2n) is 13.2. The molecule has 0 aliphatic carbocycles. The lowest BCUT2D eigenvalue weighted by molar-refractivity contribution is 0.135. The number of unbranched alkanes of at least 4 members (excludes halogenated alkanes) is 26. The highest BCUT2D eigenvalue weighted by atomic mass is 15.4. The van der Waals surface area contributed by atoms with Crippen molar-refractivity contribution in [3.63, 3.8) is 0 Å². The van der Waals surface area contributed by atoms with Gasteiger partial charge in [0.25, 0.3) is 0 Å². The van der Waals surface area contributed by atoms with E-state index in [9.17, 15) is 0 Å². The zero-order chi connectivity index (χ0) is 28.8. The van der Waals surface area contributed by atoms with E-state index in [0.717, 1.165) is 0 Å². The Hall–Kier alpha value is -0.660. The smallest absolute Gasteiger partial charge is 0.101 e. The van der Waals surface area contributed by atoms with Crippen molar-refractivity contribution in [1.29, 1.82) is 0 Å². The molecule has 0 atom stereocenters. The molecule has 0 spiro atoms. The van der Waals surface area contributed by atoms with E-state index < -0.39 is 0 Å². The van der Waals surface area contributed by atoms with Crippen LogP contribution in [0.1, 0.15) is 213 Å². The third-order valence-corrected chi connectivity index (χ3v) is 9.32. The Balaban J connectivity index is 2.06. The molecular weight excluding hydrogens is 484 g/mol. The minimum atomic E-state index is 0.640. The fourth-order valence-electron chi connectivity index (χ4n) is 6.54. The van der Waals surface area contributed by atoms with E-state index in [-0.39, 0.29) is 0 Å². The van der Waals surface area contributed by atoms with Crippen molar-refractivity contribution < 1.29 is 0 Å². The molecule has 238 valence electrons. The minimum Gasteiger partial charge on any atom is -0.356 e. The molecule has 1 heterocycles. The number of hydrogen-bond donors (Lipinski definition) is 0. The highest BCUT2D eigenvalue weighted by Gasteiger charge is 2.24. The third kappa shape index (κ3) is 22.0. The molecule has 0 unspecified atom stereocenters. The Morgan fingerprint density at radius 1 is 0.325 bits per heavy atom. The third-order valence-electron chi connectivity index (χ3n) is 9.32. The van der Waals surface area contributed by atoms with Crippen LogP contribution in [-0.4, -0.2) is 29.1 Å². The summed E-state index contributed by atoms with van der Waals surface area (Å²) in [5.74, 6) is 0. The number of hydrogen-bond acceptors (Lipinski definition) is 2. The van der Waals surface area contributed by atoms with E-state index >= 15 is 0 Å². The van der Waals surface area contributed by atoms with Gasteiger partial charge in [0.15, 0.2) is 0 Å². The van der Waals surface area contributed by atoms with Crippen LogP contribution in [0, 0.1) is 0 Å². The monoisotopic (exact) mass is 561 g/mol. The second kappa shape index (κ2) is 29.8. The summed E-state index contributed by atoms with van der Waals surface area (Å²) >= 11 is 0. The molecule has 0 aromatic rings. The predicted octanol–water partition coefficient (Wildman–Crippen LogP) is 13.2. The van der Waals surface area contributed by atoms with E-state index in [1.165, 1.54) is 206 Å². The van der Waals surface area contributed by atoms with Crippen molar-refractivity contribution in [3.8, 4) is 0 Å². The maximum Gasteiger partial charge on any atom is 0.101 e. The van der Waals surface area contributed by atoms with Gasteiger partial charge in [-0.2, -0.15) is 0 Å². The molecule has 40 heavy (non-hydrogen) atoms. The number of rotatable bonds is 32. The van der Waals surface area contributed by atoms with Crippen LogP contribution in [0.2, 0.25) is 0 Å². The zero-order valence-electron chi connectivity index (χ0n) is 28.3.